The second kappa shape index (κ2) is 6.60. The zero-order valence-electron chi connectivity index (χ0n) is 10.4. The lowest BCUT2D eigenvalue weighted by Crippen LogP contribution is -2.44. The number of hydrogen-bond donors (Lipinski definition) is 3. The van der Waals surface area contributed by atoms with E-state index in [-0.39, 0.29) is 5.56 Å². The molecule has 0 radical (unpaired) electrons. The molecule has 20 heavy (non-hydrogen) atoms. The molecule has 1 aromatic carbocycles. The van der Waals surface area contributed by atoms with Gasteiger partial charge in [-0.2, -0.15) is 0 Å². The molecule has 2 amide bonds. The highest BCUT2D eigenvalue weighted by Gasteiger charge is 2.15. The van der Waals surface area contributed by atoms with Crippen LogP contribution in [-0.4, -0.2) is 35.5 Å². The fraction of sp³-hybridized carbons (Fsp3) is 0.250. The van der Waals surface area contributed by atoms with Gasteiger partial charge in [-0.1, -0.05) is 0 Å². The molecule has 6 nitrogen and oxygen atoms in total. The largest absolute Gasteiger partial charge is 0.480 e. The average molecular weight is 286 g/mol. The molecule has 1 aromatic rings. The van der Waals surface area contributed by atoms with Crippen molar-refractivity contribution in [3.05, 3.63) is 35.4 Å². The van der Waals surface area contributed by atoms with E-state index in [9.17, 15) is 23.2 Å². The first-order chi connectivity index (χ1) is 9.31. The van der Waals surface area contributed by atoms with E-state index in [1.165, 1.54) is 6.92 Å². The van der Waals surface area contributed by atoms with E-state index in [1.807, 2.05) is 0 Å². The second-order valence-electron chi connectivity index (χ2n) is 3.94. The molecule has 0 aliphatic carbocycles. The zero-order chi connectivity index (χ0) is 15.3. The first kappa shape index (κ1) is 15.5. The number of benzene rings is 1. The first-order valence-electron chi connectivity index (χ1n) is 5.56. The lowest BCUT2D eigenvalue weighted by Gasteiger charge is -2.10. The fourth-order valence-electron chi connectivity index (χ4n) is 1.25. The number of halogens is 2. The van der Waals surface area contributed by atoms with Crippen LogP contribution in [0.15, 0.2) is 18.2 Å². The summed E-state index contributed by atoms with van der Waals surface area (Å²) in [7, 11) is 0. The molecule has 0 aliphatic rings. The Labute approximate surface area is 112 Å². The van der Waals surface area contributed by atoms with Gasteiger partial charge in [0.2, 0.25) is 5.91 Å². The highest BCUT2D eigenvalue weighted by atomic mass is 19.2. The molecule has 0 aromatic heterocycles. The number of amides is 2. The Balaban J connectivity index is 2.53. The zero-order valence-corrected chi connectivity index (χ0v) is 10.4. The number of rotatable bonds is 5. The normalized spacial score (nSPS) is 11.6. The van der Waals surface area contributed by atoms with Crippen molar-refractivity contribution in [2.75, 3.05) is 6.54 Å². The van der Waals surface area contributed by atoms with E-state index in [1.54, 1.807) is 0 Å². The third-order valence-corrected chi connectivity index (χ3v) is 2.34. The Kier molecular flexibility index (Phi) is 5.13. The number of carbonyl (C=O) groups is 3. The van der Waals surface area contributed by atoms with Gasteiger partial charge in [0, 0.05) is 5.56 Å². The summed E-state index contributed by atoms with van der Waals surface area (Å²) >= 11 is 0. The minimum absolute atomic E-state index is 0.150. The maximum atomic E-state index is 12.9. The highest BCUT2D eigenvalue weighted by Crippen LogP contribution is 2.08. The van der Waals surface area contributed by atoms with Crippen LogP contribution in [0.2, 0.25) is 0 Å². The number of carboxylic acid groups (broad SMARTS) is 1. The average Bonchev–Trinajstić information content (AvgIpc) is 2.39. The summed E-state index contributed by atoms with van der Waals surface area (Å²) in [6, 6.07) is 1.45. The molecule has 8 heteroatoms. The molecule has 0 heterocycles. The maximum absolute atomic E-state index is 12.9. The van der Waals surface area contributed by atoms with E-state index in [2.05, 4.69) is 10.6 Å². The lowest BCUT2D eigenvalue weighted by atomic mass is 10.2. The third kappa shape index (κ3) is 4.30. The first-order valence-corrected chi connectivity index (χ1v) is 5.56. The molecule has 0 saturated heterocycles. The van der Waals surface area contributed by atoms with Crippen molar-refractivity contribution < 1.29 is 28.3 Å². The summed E-state index contributed by atoms with van der Waals surface area (Å²) < 4.78 is 25.6. The topological polar surface area (TPSA) is 95.5 Å². The molecule has 108 valence electrons. The van der Waals surface area contributed by atoms with Gasteiger partial charge in [-0.05, 0) is 25.1 Å². The van der Waals surface area contributed by atoms with E-state index >= 15 is 0 Å². The van der Waals surface area contributed by atoms with Crippen LogP contribution in [0.5, 0.6) is 0 Å². The van der Waals surface area contributed by atoms with Crippen LogP contribution < -0.4 is 10.6 Å². The Morgan fingerprint density at radius 1 is 1.25 bits per heavy atom. The number of hydrogen-bond acceptors (Lipinski definition) is 3. The van der Waals surface area contributed by atoms with Crippen LogP contribution in [0.25, 0.3) is 0 Å². The van der Waals surface area contributed by atoms with Gasteiger partial charge in [0.25, 0.3) is 5.91 Å². The highest BCUT2D eigenvalue weighted by molar-refractivity contribution is 5.96. The molecule has 0 saturated carbocycles. The summed E-state index contributed by atoms with van der Waals surface area (Å²) in [5.74, 6) is -4.97. The van der Waals surface area contributed by atoms with Gasteiger partial charge >= 0.3 is 5.97 Å². The molecule has 1 unspecified atom stereocenters. The Bertz CT molecular complexity index is 548. The molecule has 0 spiro atoms. The van der Waals surface area contributed by atoms with E-state index in [0.29, 0.717) is 6.07 Å². The van der Waals surface area contributed by atoms with Crippen molar-refractivity contribution >= 4 is 17.8 Å². The quantitative estimate of drug-likeness (QED) is 0.724. The van der Waals surface area contributed by atoms with Crippen LogP contribution in [0.4, 0.5) is 8.78 Å². The van der Waals surface area contributed by atoms with Crippen LogP contribution in [-0.2, 0) is 9.59 Å². The predicted molar refractivity (Wildman–Crippen MR) is 63.9 cm³/mol. The molecular weight excluding hydrogens is 274 g/mol. The minimum atomic E-state index is -1.22. The summed E-state index contributed by atoms with van der Waals surface area (Å²) in [5, 5.41) is 12.8. The van der Waals surface area contributed by atoms with Gasteiger partial charge < -0.3 is 15.7 Å². The van der Waals surface area contributed by atoms with Gasteiger partial charge in [-0.15, -0.1) is 0 Å². The predicted octanol–water partition coefficient (Wildman–Crippen LogP) is 0.284. The molecule has 0 aliphatic heterocycles. The van der Waals surface area contributed by atoms with Crippen LogP contribution in [0.3, 0.4) is 0 Å². The Hall–Kier alpha value is -2.51. The third-order valence-electron chi connectivity index (χ3n) is 2.34. The van der Waals surface area contributed by atoms with Crippen LogP contribution >= 0.6 is 0 Å². The van der Waals surface area contributed by atoms with Crippen molar-refractivity contribution in [2.24, 2.45) is 0 Å². The monoisotopic (exact) mass is 286 g/mol. The summed E-state index contributed by atoms with van der Waals surface area (Å²) in [6.07, 6.45) is 0. The smallest absolute Gasteiger partial charge is 0.325 e. The molecule has 1 atom stereocenters. The molecular formula is C12H12F2N2O4. The number of carbonyl (C=O) groups excluding carboxylic acids is 2. The van der Waals surface area contributed by atoms with Gasteiger partial charge in [-0.3, -0.25) is 14.4 Å². The number of aliphatic carboxylic acids is 1. The molecule has 0 bridgehead atoms. The Morgan fingerprint density at radius 2 is 1.90 bits per heavy atom. The second-order valence-corrected chi connectivity index (χ2v) is 3.94. The minimum Gasteiger partial charge on any atom is -0.480 e. The molecule has 3 N–H and O–H groups in total. The van der Waals surface area contributed by atoms with E-state index in [4.69, 9.17) is 5.11 Å². The number of carboxylic acids is 1. The van der Waals surface area contributed by atoms with Crippen molar-refractivity contribution in [1.82, 2.24) is 10.6 Å². The number of nitrogens with one attached hydrogen (secondary N) is 2. The molecule has 1 rings (SSSR count). The summed E-state index contributed by atoms with van der Waals surface area (Å²) in [4.78, 5) is 33.3. The standard InChI is InChI=1S/C12H12F2N2O4/c1-6(12(19)20)16-10(17)5-15-11(18)7-2-3-8(13)9(14)4-7/h2-4,6H,5H2,1H3,(H,15,18)(H,16,17)(H,19,20). The van der Waals surface area contributed by atoms with E-state index in [0.717, 1.165) is 12.1 Å². The fourth-order valence-corrected chi connectivity index (χ4v) is 1.25. The van der Waals surface area contributed by atoms with Crippen molar-refractivity contribution in [1.29, 1.82) is 0 Å². The Morgan fingerprint density at radius 3 is 2.45 bits per heavy atom. The van der Waals surface area contributed by atoms with Crippen molar-refractivity contribution in [3.8, 4) is 0 Å². The van der Waals surface area contributed by atoms with E-state index < -0.39 is 42.0 Å². The SMILES string of the molecule is CC(NC(=O)CNC(=O)c1ccc(F)c(F)c1)C(=O)O. The van der Waals surface area contributed by atoms with Gasteiger partial charge in [0.15, 0.2) is 11.6 Å². The van der Waals surface area contributed by atoms with Crippen LogP contribution in [0, 0.1) is 11.6 Å². The maximum Gasteiger partial charge on any atom is 0.325 e. The van der Waals surface area contributed by atoms with Gasteiger partial charge in [0.05, 0.1) is 6.54 Å². The van der Waals surface area contributed by atoms with Gasteiger partial charge in [0.1, 0.15) is 6.04 Å². The summed E-state index contributed by atoms with van der Waals surface area (Å²) in [5.41, 5.74) is -0.150. The molecule has 0 fully saturated rings. The van der Waals surface area contributed by atoms with Crippen molar-refractivity contribution in [2.45, 2.75) is 13.0 Å². The van der Waals surface area contributed by atoms with Crippen molar-refractivity contribution in [3.63, 3.8) is 0 Å². The van der Waals surface area contributed by atoms with Crippen LogP contribution in [0.1, 0.15) is 17.3 Å². The van der Waals surface area contributed by atoms with Gasteiger partial charge in [-0.25, -0.2) is 8.78 Å². The lowest BCUT2D eigenvalue weighted by molar-refractivity contribution is -0.141. The summed E-state index contributed by atoms with van der Waals surface area (Å²) in [6.45, 7) is 0.785.